The van der Waals surface area contributed by atoms with Crippen molar-refractivity contribution in [3.05, 3.63) is 78.1 Å². The second kappa shape index (κ2) is 10.9. The molecule has 2 aromatic carbocycles. The molecule has 7 rings (SSSR count). The van der Waals surface area contributed by atoms with Gasteiger partial charge in [0.25, 0.3) is 5.91 Å². The summed E-state index contributed by atoms with van der Waals surface area (Å²) in [7, 11) is 0. The number of H-pyrrole nitrogens is 1. The number of pyridine rings is 1. The van der Waals surface area contributed by atoms with Crippen molar-refractivity contribution < 1.29 is 14.3 Å². The Morgan fingerprint density at radius 2 is 1.80 bits per heavy atom. The van der Waals surface area contributed by atoms with Gasteiger partial charge in [-0.05, 0) is 86.2 Å². The Hall–Kier alpha value is -3.75. The zero-order valence-electron chi connectivity index (χ0n) is 23.6. The van der Waals surface area contributed by atoms with E-state index < -0.39 is 0 Å². The standard InChI is InChI=1S/C33H37N5O3/c1-20(2)31(30-5-3-4-14-34-30)35-33(39)22-8-13-29-28(15-22)32(37-36-29)21-6-11-26(12-7-21)41-27-16-23-9-10-24(17-27)38(23)25-18-40-19-25/h3-8,11-15,20,23-25,27,31H,9-10,16-19H2,1-2H3,(H,35,39)(H,36,37). The number of nitrogens with one attached hydrogen (secondary N) is 2. The fourth-order valence-corrected chi connectivity index (χ4v) is 6.88. The lowest BCUT2D eigenvalue weighted by Crippen LogP contribution is -2.57. The van der Waals surface area contributed by atoms with E-state index in [2.05, 4.69) is 51.4 Å². The Balaban J connectivity index is 1.05. The van der Waals surface area contributed by atoms with E-state index in [1.54, 1.807) is 6.20 Å². The van der Waals surface area contributed by atoms with Gasteiger partial charge in [0.2, 0.25) is 0 Å². The molecule has 3 aliphatic heterocycles. The Morgan fingerprint density at radius 1 is 1.02 bits per heavy atom. The van der Waals surface area contributed by atoms with Crippen LogP contribution in [0.25, 0.3) is 22.2 Å². The van der Waals surface area contributed by atoms with Gasteiger partial charge in [-0.2, -0.15) is 5.10 Å². The summed E-state index contributed by atoms with van der Waals surface area (Å²) >= 11 is 0. The quantitative estimate of drug-likeness (QED) is 0.299. The van der Waals surface area contributed by atoms with Crippen LogP contribution in [0, 0.1) is 5.92 Å². The van der Waals surface area contributed by atoms with Crippen molar-refractivity contribution in [2.45, 2.75) is 69.8 Å². The molecule has 1 amide bonds. The minimum atomic E-state index is -0.176. The van der Waals surface area contributed by atoms with Gasteiger partial charge >= 0.3 is 0 Å². The molecule has 3 atom stereocenters. The van der Waals surface area contributed by atoms with Gasteiger partial charge in [0.15, 0.2) is 0 Å². The van der Waals surface area contributed by atoms with Crippen molar-refractivity contribution in [2.75, 3.05) is 13.2 Å². The van der Waals surface area contributed by atoms with Crippen molar-refractivity contribution in [2.24, 2.45) is 5.92 Å². The summed E-state index contributed by atoms with van der Waals surface area (Å²) in [5.41, 5.74) is 4.14. The molecule has 3 saturated heterocycles. The van der Waals surface area contributed by atoms with Crippen molar-refractivity contribution in [3.63, 3.8) is 0 Å². The van der Waals surface area contributed by atoms with Crippen LogP contribution in [0.2, 0.25) is 0 Å². The van der Waals surface area contributed by atoms with E-state index in [0.717, 1.165) is 59.7 Å². The first-order valence-electron chi connectivity index (χ1n) is 14.9. The van der Waals surface area contributed by atoms with Crippen LogP contribution in [0.5, 0.6) is 5.75 Å². The van der Waals surface area contributed by atoms with E-state index in [1.165, 1.54) is 12.8 Å². The van der Waals surface area contributed by atoms with Gasteiger partial charge in [0.1, 0.15) is 11.9 Å². The van der Waals surface area contributed by atoms with E-state index in [4.69, 9.17) is 9.47 Å². The van der Waals surface area contributed by atoms with Gasteiger partial charge in [0, 0.05) is 34.8 Å². The first kappa shape index (κ1) is 26.2. The average Bonchev–Trinajstić information content (AvgIpc) is 3.48. The predicted octanol–water partition coefficient (Wildman–Crippen LogP) is 5.53. The van der Waals surface area contributed by atoms with E-state index in [0.29, 0.717) is 23.7 Å². The van der Waals surface area contributed by atoms with Crippen LogP contribution in [0.4, 0.5) is 0 Å². The highest BCUT2D eigenvalue weighted by molar-refractivity contribution is 6.01. The predicted molar refractivity (Wildman–Crippen MR) is 158 cm³/mol. The third kappa shape index (κ3) is 5.11. The summed E-state index contributed by atoms with van der Waals surface area (Å²) < 4.78 is 11.9. The number of aromatic nitrogens is 3. The largest absolute Gasteiger partial charge is 0.490 e. The fourth-order valence-electron chi connectivity index (χ4n) is 6.88. The van der Waals surface area contributed by atoms with E-state index in [-0.39, 0.29) is 24.0 Å². The van der Waals surface area contributed by atoms with E-state index >= 15 is 0 Å². The second-order valence-electron chi connectivity index (χ2n) is 12.0. The van der Waals surface area contributed by atoms with Crippen LogP contribution >= 0.6 is 0 Å². The number of carbonyl (C=O) groups excluding carboxylic acids is 1. The lowest BCUT2D eigenvalue weighted by molar-refractivity contribution is -0.102. The van der Waals surface area contributed by atoms with Gasteiger partial charge in [-0.1, -0.05) is 19.9 Å². The number of aromatic amines is 1. The molecular formula is C33H37N5O3. The van der Waals surface area contributed by atoms with Crippen molar-refractivity contribution in [1.29, 1.82) is 0 Å². The monoisotopic (exact) mass is 551 g/mol. The molecule has 2 N–H and O–H groups in total. The molecule has 3 aliphatic rings. The summed E-state index contributed by atoms with van der Waals surface area (Å²) in [6, 6.07) is 21.3. The lowest BCUT2D eigenvalue weighted by atomic mass is 9.96. The summed E-state index contributed by atoms with van der Waals surface area (Å²) in [5, 5.41) is 11.8. The van der Waals surface area contributed by atoms with Crippen LogP contribution < -0.4 is 10.1 Å². The summed E-state index contributed by atoms with van der Waals surface area (Å²) in [6.45, 7) is 5.94. The Kier molecular flexibility index (Phi) is 6.96. The Bertz CT molecular complexity index is 1500. The first-order chi connectivity index (χ1) is 20.0. The molecule has 0 saturated carbocycles. The van der Waals surface area contributed by atoms with Crippen molar-refractivity contribution in [3.8, 4) is 17.0 Å². The number of piperidine rings is 1. The Morgan fingerprint density at radius 3 is 2.46 bits per heavy atom. The molecule has 2 aromatic heterocycles. The first-order valence-corrected chi connectivity index (χ1v) is 14.9. The molecule has 212 valence electrons. The van der Waals surface area contributed by atoms with Crippen LogP contribution in [-0.4, -0.2) is 63.4 Å². The molecule has 8 nitrogen and oxygen atoms in total. The molecule has 41 heavy (non-hydrogen) atoms. The number of hydrogen-bond acceptors (Lipinski definition) is 6. The van der Waals surface area contributed by atoms with Crippen molar-refractivity contribution >= 4 is 16.8 Å². The lowest BCUT2D eigenvalue weighted by Gasteiger charge is -2.46. The zero-order valence-corrected chi connectivity index (χ0v) is 23.6. The van der Waals surface area contributed by atoms with Crippen LogP contribution in [-0.2, 0) is 4.74 Å². The molecule has 8 heteroatoms. The second-order valence-corrected chi connectivity index (χ2v) is 12.0. The molecule has 0 radical (unpaired) electrons. The maximum atomic E-state index is 13.3. The summed E-state index contributed by atoms with van der Waals surface area (Å²) in [6.07, 6.45) is 6.73. The minimum Gasteiger partial charge on any atom is -0.490 e. The van der Waals surface area contributed by atoms with E-state index in [1.807, 2.05) is 48.5 Å². The van der Waals surface area contributed by atoms with Gasteiger partial charge in [-0.25, -0.2) is 0 Å². The number of nitrogens with zero attached hydrogens (tertiary/aromatic N) is 3. The summed E-state index contributed by atoms with van der Waals surface area (Å²) in [4.78, 5) is 20.5. The third-order valence-electron chi connectivity index (χ3n) is 9.00. The number of fused-ring (bicyclic) bond motifs is 3. The number of hydrogen-bond donors (Lipinski definition) is 2. The van der Waals surface area contributed by atoms with Gasteiger partial charge < -0.3 is 14.8 Å². The molecule has 0 aliphatic carbocycles. The Labute approximate surface area is 240 Å². The SMILES string of the molecule is CC(C)C(NC(=O)c1ccc2[nH]nc(-c3ccc(OC4CC5CCC(C4)N5C4COC4)cc3)c2c1)c1ccccn1. The molecule has 4 aromatic rings. The van der Waals surface area contributed by atoms with E-state index in [9.17, 15) is 4.79 Å². The summed E-state index contributed by atoms with van der Waals surface area (Å²) in [5.74, 6) is 0.965. The fraction of sp³-hybridized carbons (Fsp3) is 0.424. The number of benzene rings is 2. The number of carbonyl (C=O) groups is 1. The molecule has 3 unspecified atom stereocenters. The van der Waals surface area contributed by atoms with Crippen LogP contribution in [0.15, 0.2) is 66.9 Å². The van der Waals surface area contributed by atoms with Crippen molar-refractivity contribution in [1.82, 2.24) is 25.4 Å². The highest BCUT2D eigenvalue weighted by Crippen LogP contribution is 2.40. The number of ether oxygens (including phenoxy) is 2. The minimum absolute atomic E-state index is 0.128. The third-order valence-corrected chi connectivity index (χ3v) is 9.00. The normalized spacial score (nSPS) is 23.4. The highest BCUT2D eigenvalue weighted by atomic mass is 16.5. The highest BCUT2D eigenvalue weighted by Gasteiger charge is 2.46. The maximum absolute atomic E-state index is 13.3. The molecule has 2 bridgehead atoms. The number of rotatable bonds is 8. The molecular weight excluding hydrogens is 514 g/mol. The molecule has 5 heterocycles. The average molecular weight is 552 g/mol. The van der Waals surface area contributed by atoms with Gasteiger partial charge in [-0.15, -0.1) is 0 Å². The van der Waals surface area contributed by atoms with Crippen LogP contribution in [0.3, 0.4) is 0 Å². The van der Waals surface area contributed by atoms with Crippen LogP contribution in [0.1, 0.15) is 61.6 Å². The number of amides is 1. The smallest absolute Gasteiger partial charge is 0.251 e. The van der Waals surface area contributed by atoms with Gasteiger partial charge in [0.05, 0.1) is 42.2 Å². The zero-order chi connectivity index (χ0) is 27.9. The van der Waals surface area contributed by atoms with Gasteiger partial charge in [-0.3, -0.25) is 19.8 Å². The maximum Gasteiger partial charge on any atom is 0.251 e. The topological polar surface area (TPSA) is 92.4 Å². The molecule has 3 fully saturated rings. The molecule has 0 spiro atoms.